The van der Waals surface area contributed by atoms with E-state index in [-0.39, 0.29) is 30.4 Å². The molecule has 1 saturated heterocycles. The zero-order valence-electron chi connectivity index (χ0n) is 21.1. The van der Waals surface area contributed by atoms with Gasteiger partial charge in [0.1, 0.15) is 5.75 Å². The third-order valence-corrected chi connectivity index (χ3v) is 7.07. The monoisotopic (exact) mass is 477 g/mol. The highest BCUT2D eigenvalue weighted by Gasteiger charge is 2.36. The van der Waals surface area contributed by atoms with E-state index in [2.05, 4.69) is 36.9 Å². The summed E-state index contributed by atoms with van der Waals surface area (Å²) in [5.41, 5.74) is 5.32. The number of benzene rings is 2. The minimum Gasteiger partial charge on any atom is -0.496 e. The van der Waals surface area contributed by atoms with Gasteiger partial charge in [-0.1, -0.05) is 30.3 Å². The van der Waals surface area contributed by atoms with Crippen molar-refractivity contribution >= 4 is 17.6 Å². The van der Waals surface area contributed by atoms with Gasteiger partial charge in [-0.05, 0) is 75.5 Å². The first kappa shape index (κ1) is 24.9. The number of methoxy groups -OCH3 is 1. The van der Waals surface area contributed by atoms with Gasteiger partial charge in [-0.3, -0.25) is 14.5 Å². The van der Waals surface area contributed by atoms with Crippen molar-refractivity contribution in [1.29, 1.82) is 0 Å². The zero-order chi connectivity index (χ0) is 24.9. The Morgan fingerprint density at radius 2 is 1.80 bits per heavy atom. The fraction of sp³-hybridized carbons (Fsp3) is 0.464. The number of ether oxygens (including phenoxy) is 2. The smallest absolute Gasteiger partial charge is 0.309 e. The standard InChI is InChI=1S/C28H35N3O4/c1-5-35-28(33)21-12-14-30(15-13-21)18-27(32)31-25(23-8-6-7-9-26(23)34-4)17-24(29-31)22-11-10-19(2)20(3)16-22/h6-11,16,21,25H,5,12-15,17-18H2,1-4H3. The van der Waals surface area contributed by atoms with Crippen molar-refractivity contribution < 1.29 is 19.1 Å². The second-order valence-corrected chi connectivity index (χ2v) is 9.35. The molecule has 2 aromatic carbocycles. The molecule has 0 N–H and O–H groups in total. The summed E-state index contributed by atoms with van der Waals surface area (Å²) < 4.78 is 10.8. The average Bonchev–Trinajstić information content (AvgIpc) is 3.32. The van der Waals surface area contributed by atoms with E-state index in [0.717, 1.165) is 22.6 Å². The maximum Gasteiger partial charge on any atom is 0.309 e. The number of amides is 1. The van der Waals surface area contributed by atoms with E-state index >= 15 is 0 Å². The lowest BCUT2D eigenvalue weighted by atomic mass is 9.95. The molecule has 0 aliphatic carbocycles. The summed E-state index contributed by atoms with van der Waals surface area (Å²) in [7, 11) is 1.65. The molecule has 7 nitrogen and oxygen atoms in total. The molecule has 7 heteroatoms. The zero-order valence-corrected chi connectivity index (χ0v) is 21.1. The lowest BCUT2D eigenvalue weighted by molar-refractivity contribution is -0.149. The number of carbonyl (C=O) groups is 2. The molecule has 1 unspecified atom stereocenters. The number of piperidine rings is 1. The average molecular weight is 478 g/mol. The van der Waals surface area contributed by atoms with E-state index in [9.17, 15) is 9.59 Å². The Morgan fingerprint density at radius 1 is 1.06 bits per heavy atom. The Bertz CT molecular complexity index is 1110. The van der Waals surface area contributed by atoms with Gasteiger partial charge in [0.25, 0.3) is 5.91 Å². The first-order valence-electron chi connectivity index (χ1n) is 12.4. The van der Waals surface area contributed by atoms with Crippen molar-refractivity contribution in [1.82, 2.24) is 9.91 Å². The van der Waals surface area contributed by atoms with E-state index < -0.39 is 0 Å². The van der Waals surface area contributed by atoms with Gasteiger partial charge in [0.2, 0.25) is 0 Å². The Hall–Kier alpha value is -3.19. The molecule has 1 amide bonds. The number of para-hydroxylation sites is 1. The molecule has 2 aliphatic rings. The molecule has 0 bridgehead atoms. The van der Waals surface area contributed by atoms with Gasteiger partial charge >= 0.3 is 5.97 Å². The fourth-order valence-electron chi connectivity index (χ4n) is 4.87. The van der Waals surface area contributed by atoms with Crippen LogP contribution in [0.25, 0.3) is 0 Å². The second-order valence-electron chi connectivity index (χ2n) is 9.35. The van der Waals surface area contributed by atoms with Crippen molar-refractivity contribution in [3.05, 3.63) is 64.7 Å². The predicted octanol–water partition coefficient (Wildman–Crippen LogP) is 4.26. The largest absolute Gasteiger partial charge is 0.496 e. The minimum atomic E-state index is -0.229. The molecule has 35 heavy (non-hydrogen) atoms. The number of likely N-dealkylation sites (tertiary alicyclic amines) is 1. The van der Waals surface area contributed by atoms with Gasteiger partial charge in [0.15, 0.2) is 0 Å². The summed E-state index contributed by atoms with van der Waals surface area (Å²) in [4.78, 5) is 27.7. The number of hydrazone groups is 1. The van der Waals surface area contributed by atoms with Gasteiger partial charge in [-0.15, -0.1) is 0 Å². The van der Waals surface area contributed by atoms with Crippen LogP contribution in [-0.4, -0.2) is 60.8 Å². The first-order chi connectivity index (χ1) is 16.9. The number of nitrogens with zero attached hydrogens (tertiary/aromatic N) is 3. The van der Waals surface area contributed by atoms with Crippen molar-refractivity contribution in [3.8, 4) is 5.75 Å². The molecule has 0 saturated carbocycles. The Balaban J connectivity index is 1.54. The van der Waals surface area contributed by atoms with E-state index in [1.54, 1.807) is 12.1 Å². The Kier molecular flexibility index (Phi) is 7.86. The first-order valence-corrected chi connectivity index (χ1v) is 12.4. The van der Waals surface area contributed by atoms with Gasteiger partial charge in [-0.2, -0.15) is 5.10 Å². The molecule has 1 atom stereocenters. The quantitative estimate of drug-likeness (QED) is 0.557. The third-order valence-electron chi connectivity index (χ3n) is 7.07. The fourth-order valence-corrected chi connectivity index (χ4v) is 4.87. The van der Waals surface area contributed by atoms with E-state index in [1.165, 1.54) is 11.1 Å². The Morgan fingerprint density at radius 3 is 2.49 bits per heavy atom. The number of hydrogen-bond donors (Lipinski definition) is 0. The van der Waals surface area contributed by atoms with Crippen molar-refractivity contribution in [2.45, 2.75) is 46.1 Å². The van der Waals surface area contributed by atoms with Crippen LogP contribution in [-0.2, 0) is 14.3 Å². The van der Waals surface area contributed by atoms with Crippen LogP contribution in [0.2, 0.25) is 0 Å². The summed E-state index contributed by atoms with van der Waals surface area (Å²) in [6.07, 6.45) is 2.04. The molecular weight excluding hydrogens is 442 g/mol. The Labute approximate surface area is 207 Å². The van der Waals surface area contributed by atoms with Gasteiger partial charge in [0.05, 0.1) is 37.9 Å². The second kappa shape index (κ2) is 11.0. The molecule has 2 aliphatic heterocycles. The summed E-state index contributed by atoms with van der Waals surface area (Å²) in [6.45, 7) is 8.06. The van der Waals surface area contributed by atoms with Crippen LogP contribution in [0.15, 0.2) is 47.6 Å². The number of carbonyl (C=O) groups excluding carboxylic acids is 2. The van der Waals surface area contributed by atoms with Crippen molar-refractivity contribution in [2.75, 3.05) is 33.4 Å². The van der Waals surface area contributed by atoms with Gasteiger partial charge in [-0.25, -0.2) is 5.01 Å². The van der Waals surface area contributed by atoms with Crippen LogP contribution in [0, 0.1) is 19.8 Å². The maximum absolute atomic E-state index is 13.6. The van der Waals surface area contributed by atoms with Crippen molar-refractivity contribution in [3.63, 3.8) is 0 Å². The molecule has 2 heterocycles. The molecule has 0 aromatic heterocycles. The van der Waals surface area contributed by atoms with E-state index in [1.807, 2.05) is 31.2 Å². The molecule has 0 spiro atoms. The van der Waals surface area contributed by atoms with Gasteiger partial charge < -0.3 is 9.47 Å². The summed E-state index contributed by atoms with van der Waals surface area (Å²) in [6, 6.07) is 13.9. The maximum atomic E-state index is 13.6. The predicted molar refractivity (Wildman–Crippen MR) is 135 cm³/mol. The molecule has 1 fully saturated rings. The lowest BCUT2D eigenvalue weighted by Crippen LogP contribution is -2.43. The van der Waals surface area contributed by atoms with Crippen LogP contribution < -0.4 is 4.74 Å². The van der Waals surface area contributed by atoms with Crippen LogP contribution in [0.3, 0.4) is 0 Å². The normalized spacial score (nSPS) is 18.9. The molecule has 2 aromatic rings. The third kappa shape index (κ3) is 5.56. The SMILES string of the molecule is CCOC(=O)C1CCN(CC(=O)N2N=C(c3ccc(C)c(C)c3)CC2c2ccccc2OC)CC1. The van der Waals surface area contributed by atoms with E-state index in [0.29, 0.717) is 39.0 Å². The highest BCUT2D eigenvalue weighted by atomic mass is 16.5. The number of rotatable bonds is 7. The number of hydrogen-bond acceptors (Lipinski definition) is 6. The molecule has 186 valence electrons. The summed E-state index contributed by atoms with van der Waals surface area (Å²) in [5, 5.41) is 6.48. The lowest BCUT2D eigenvalue weighted by Gasteiger charge is -2.32. The highest BCUT2D eigenvalue weighted by molar-refractivity contribution is 6.03. The van der Waals surface area contributed by atoms with Crippen LogP contribution in [0.5, 0.6) is 5.75 Å². The van der Waals surface area contributed by atoms with E-state index in [4.69, 9.17) is 14.6 Å². The van der Waals surface area contributed by atoms with Crippen molar-refractivity contribution in [2.24, 2.45) is 11.0 Å². The van der Waals surface area contributed by atoms with Crippen LogP contribution in [0.4, 0.5) is 0 Å². The molecule has 4 rings (SSSR count). The molecule has 0 radical (unpaired) electrons. The minimum absolute atomic E-state index is 0.0469. The topological polar surface area (TPSA) is 71.4 Å². The van der Waals surface area contributed by atoms with Crippen LogP contribution in [0.1, 0.15) is 54.5 Å². The highest BCUT2D eigenvalue weighted by Crippen LogP contribution is 2.37. The number of aryl methyl sites for hydroxylation is 2. The summed E-state index contributed by atoms with van der Waals surface area (Å²) in [5.74, 6) is 0.497. The molecular formula is C28H35N3O4. The number of esters is 1. The van der Waals surface area contributed by atoms with Gasteiger partial charge in [0, 0.05) is 12.0 Å². The summed E-state index contributed by atoms with van der Waals surface area (Å²) >= 11 is 0. The van der Waals surface area contributed by atoms with Crippen LogP contribution >= 0.6 is 0 Å².